The fraction of sp³-hybridized carbons (Fsp3) is 0.500. The molecule has 0 radical (unpaired) electrons. The molecule has 2 rings (SSSR count). The monoisotopic (exact) mass is 292 g/mol. The second-order valence-corrected chi connectivity index (χ2v) is 5.87. The molecule has 0 saturated heterocycles. The second-order valence-electron chi connectivity index (χ2n) is 5.34. The Balaban J connectivity index is 2.01. The summed E-state index contributed by atoms with van der Waals surface area (Å²) in [6, 6.07) is 6.20. The van der Waals surface area contributed by atoms with Gasteiger partial charge in [-0.2, -0.15) is 8.75 Å². The van der Waals surface area contributed by atoms with E-state index in [0.29, 0.717) is 6.54 Å². The maximum Gasteiger partial charge on any atom is 0.318 e. The Hall–Kier alpha value is -1.69. The summed E-state index contributed by atoms with van der Waals surface area (Å²) in [4.78, 5) is 14.0. The summed E-state index contributed by atoms with van der Waals surface area (Å²) in [7, 11) is 0. The zero-order valence-corrected chi connectivity index (χ0v) is 13.1. The van der Waals surface area contributed by atoms with Gasteiger partial charge in [0.25, 0.3) is 0 Å². The Labute approximate surface area is 123 Å². The van der Waals surface area contributed by atoms with Gasteiger partial charge in [-0.3, -0.25) is 0 Å². The van der Waals surface area contributed by atoms with Crippen molar-refractivity contribution in [3.63, 3.8) is 0 Å². The van der Waals surface area contributed by atoms with Crippen molar-refractivity contribution in [1.82, 2.24) is 19.0 Å². The standard InChI is InChI=1S/C14H20N4OS/c1-9(2)18(10(3)4)14(19)15-8-11-5-6-12-13(7-11)17-20-16-12/h5-7,9-10H,8H2,1-4H3,(H,15,19). The molecule has 0 atom stereocenters. The van der Waals surface area contributed by atoms with E-state index >= 15 is 0 Å². The number of amides is 2. The average Bonchev–Trinajstić information content (AvgIpc) is 2.82. The molecule has 6 heteroatoms. The van der Waals surface area contributed by atoms with E-state index in [-0.39, 0.29) is 18.1 Å². The van der Waals surface area contributed by atoms with Crippen LogP contribution in [0.5, 0.6) is 0 Å². The number of fused-ring (bicyclic) bond motifs is 1. The highest BCUT2D eigenvalue weighted by molar-refractivity contribution is 7.00. The molecule has 0 spiro atoms. The Morgan fingerprint density at radius 2 is 1.85 bits per heavy atom. The van der Waals surface area contributed by atoms with Crippen LogP contribution in [0.15, 0.2) is 18.2 Å². The van der Waals surface area contributed by atoms with E-state index in [1.54, 1.807) is 0 Å². The Morgan fingerprint density at radius 1 is 1.20 bits per heavy atom. The van der Waals surface area contributed by atoms with Gasteiger partial charge >= 0.3 is 6.03 Å². The third-order valence-electron chi connectivity index (χ3n) is 3.11. The quantitative estimate of drug-likeness (QED) is 0.942. The largest absolute Gasteiger partial charge is 0.334 e. The average molecular weight is 292 g/mol. The number of rotatable bonds is 4. The molecule has 1 aromatic heterocycles. The number of hydrogen-bond acceptors (Lipinski definition) is 4. The van der Waals surface area contributed by atoms with Crippen LogP contribution in [-0.2, 0) is 6.54 Å². The SMILES string of the molecule is CC(C)N(C(=O)NCc1ccc2nsnc2c1)C(C)C. The van der Waals surface area contributed by atoms with Gasteiger partial charge in [0, 0.05) is 18.6 Å². The number of nitrogens with one attached hydrogen (secondary N) is 1. The van der Waals surface area contributed by atoms with Crippen molar-refractivity contribution in [3.05, 3.63) is 23.8 Å². The minimum absolute atomic E-state index is 0.0356. The van der Waals surface area contributed by atoms with Crippen molar-refractivity contribution in [3.8, 4) is 0 Å². The number of carbonyl (C=O) groups is 1. The molecule has 0 bridgehead atoms. The lowest BCUT2D eigenvalue weighted by molar-refractivity contribution is 0.164. The summed E-state index contributed by atoms with van der Waals surface area (Å²) in [5.74, 6) is 0. The van der Waals surface area contributed by atoms with Crippen LogP contribution in [0, 0.1) is 0 Å². The summed E-state index contributed by atoms with van der Waals surface area (Å²) >= 11 is 1.20. The Kier molecular flexibility index (Phi) is 4.54. The van der Waals surface area contributed by atoms with Gasteiger partial charge in [0.15, 0.2) is 0 Å². The topological polar surface area (TPSA) is 58.1 Å². The van der Waals surface area contributed by atoms with Crippen LogP contribution in [0.25, 0.3) is 11.0 Å². The molecular formula is C14H20N4OS. The zero-order chi connectivity index (χ0) is 14.7. The first-order chi connectivity index (χ1) is 9.49. The lowest BCUT2D eigenvalue weighted by Crippen LogP contribution is -2.47. The van der Waals surface area contributed by atoms with Crippen LogP contribution in [0.4, 0.5) is 4.79 Å². The molecule has 1 N–H and O–H groups in total. The lowest BCUT2D eigenvalue weighted by atomic mass is 10.2. The number of benzene rings is 1. The predicted octanol–water partition coefficient (Wildman–Crippen LogP) is 3.02. The van der Waals surface area contributed by atoms with E-state index in [9.17, 15) is 4.79 Å². The zero-order valence-electron chi connectivity index (χ0n) is 12.3. The molecule has 5 nitrogen and oxygen atoms in total. The van der Waals surface area contributed by atoms with Crippen molar-refractivity contribution in [2.75, 3.05) is 0 Å². The summed E-state index contributed by atoms with van der Waals surface area (Å²) in [6.45, 7) is 8.58. The van der Waals surface area contributed by atoms with Crippen LogP contribution in [0.3, 0.4) is 0 Å². The minimum Gasteiger partial charge on any atom is -0.334 e. The molecule has 1 heterocycles. The van der Waals surface area contributed by atoms with Crippen LogP contribution in [-0.4, -0.2) is 31.8 Å². The lowest BCUT2D eigenvalue weighted by Gasteiger charge is -2.30. The van der Waals surface area contributed by atoms with E-state index in [2.05, 4.69) is 14.1 Å². The smallest absolute Gasteiger partial charge is 0.318 e. The van der Waals surface area contributed by atoms with E-state index in [1.807, 2.05) is 50.8 Å². The highest BCUT2D eigenvalue weighted by atomic mass is 32.1. The number of aromatic nitrogens is 2. The summed E-state index contributed by atoms with van der Waals surface area (Å²) in [5, 5.41) is 2.96. The predicted molar refractivity (Wildman–Crippen MR) is 81.8 cm³/mol. The first kappa shape index (κ1) is 14.7. The van der Waals surface area contributed by atoms with Crippen molar-refractivity contribution < 1.29 is 4.79 Å². The van der Waals surface area contributed by atoms with Gasteiger partial charge in [0.05, 0.1) is 11.7 Å². The van der Waals surface area contributed by atoms with Crippen molar-refractivity contribution in [1.29, 1.82) is 0 Å². The van der Waals surface area contributed by atoms with Crippen LogP contribution >= 0.6 is 11.7 Å². The van der Waals surface area contributed by atoms with Gasteiger partial charge in [-0.1, -0.05) is 6.07 Å². The highest BCUT2D eigenvalue weighted by Crippen LogP contribution is 2.13. The Morgan fingerprint density at radius 3 is 2.50 bits per heavy atom. The molecule has 0 unspecified atom stereocenters. The summed E-state index contributed by atoms with van der Waals surface area (Å²) in [6.07, 6.45) is 0. The van der Waals surface area contributed by atoms with Gasteiger partial charge in [-0.05, 0) is 45.4 Å². The van der Waals surface area contributed by atoms with Gasteiger partial charge in [0.2, 0.25) is 0 Å². The van der Waals surface area contributed by atoms with Crippen molar-refractivity contribution >= 4 is 28.8 Å². The van der Waals surface area contributed by atoms with E-state index in [1.165, 1.54) is 11.7 Å². The molecule has 108 valence electrons. The second kappa shape index (κ2) is 6.17. The molecule has 0 aliphatic rings. The molecular weight excluding hydrogens is 272 g/mol. The first-order valence-corrected chi connectivity index (χ1v) is 7.49. The molecule has 0 aliphatic heterocycles. The number of hydrogen-bond donors (Lipinski definition) is 1. The molecule has 2 aromatic rings. The van der Waals surface area contributed by atoms with Gasteiger partial charge < -0.3 is 10.2 Å². The fourth-order valence-corrected chi connectivity index (χ4v) is 2.79. The maximum atomic E-state index is 12.2. The molecule has 2 amide bonds. The van der Waals surface area contributed by atoms with Gasteiger partial charge in [-0.25, -0.2) is 4.79 Å². The third-order valence-corrected chi connectivity index (χ3v) is 3.67. The molecule has 0 saturated carbocycles. The fourth-order valence-electron chi connectivity index (χ4n) is 2.27. The van der Waals surface area contributed by atoms with Crippen LogP contribution < -0.4 is 5.32 Å². The molecule has 0 aliphatic carbocycles. The highest BCUT2D eigenvalue weighted by Gasteiger charge is 2.19. The third kappa shape index (κ3) is 3.25. The molecule has 20 heavy (non-hydrogen) atoms. The van der Waals surface area contributed by atoms with Crippen molar-refractivity contribution in [2.45, 2.75) is 46.3 Å². The van der Waals surface area contributed by atoms with Crippen molar-refractivity contribution in [2.24, 2.45) is 0 Å². The number of carbonyl (C=O) groups excluding carboxylic acids is 1. The van der Waals surface area contributed by atoms with E-state index in [4.69, 9.17) is 0 Å². The van der Waals surface area contributed by atoms with Gasteiger partial charge in [-0.15, -0.1) is 0 Å². The maximum absolute atomic E-state index is 12.2. The normalized spacial score (nSPS) is 11.3. The van der Waals surface area contributed by atoms with Crippen LogP contribution in [0.2, 0.25) is 0 Å². The van der Waals surface area contributed by atoms with E-state index in [0.717, 1.165) is 16.6 Å². The summed E-state index contributed by atoms with van der Waals surface area (Å²) < 4.78 is 8.37. The number of nitrogens with zero attached hydrogens (tertiary/aromatic N) is 3. The molecule has 1 aromatic carbocycles. The van der Waals surface area contributed by atoms with Crippen LogP contribution in [0.1, 0.15) is 33.3 Å². The van der Waals surface area contributed by atoms with E-state index < -0.39 is 0 Å². The Bertz CT molecular complexity index is 586. The minimum atomic E-state index is -0.0356. The summed E-state index contributed by atoms with van der Waals surface area (Å²) in [5.41, 5.74) is 2.81. The number of urea groups is 1. The first-order valence-electron chi connectivity index (χ1n) is 6.76. The van der Waals surface area contributed by atoms with Gasteiger partial charge in [0.1, 0.15) is 11.0 Å². The molecule has 0 fully saturated rings.